The Bertz CT molecular complexity index is 1150. The predicted octanol–water partition coefficient (Wildman–Crippen LogP) is 4.69. The van der Waals surface area contributed by atoms with E-state index in [1.807, 2.05) is 42.5 Å². The molecule has 0 bridgehead atoms. The SMILES string of the molecule is CC(C)COc1ccc(CN(Cc2coc(-c3ccccc3)n2)C2=NC3(CCN(C)CC3)ON2)cc1. The molecule has 2 aliphatic rings. The molecule has 36 heavy (non-hydrogen) atoms. The fourth-order valence-electron chi connectivity index (χ4n) is 4.36. The van der Waals surface area contributed by atoms with E-state index in [-0.39, 0.29) is 0 Å². The molecule has 1 spiro atoms. The Morgan fingerprint density at radius 2 is 1.81 bits per heavy atom. The maximum absolute atomic E-state index is 6.06. The Morgan fingerprint density at radius 3 is 2.53 bits per heavy atom. The van der Waals surface area contributed by atoms with Crippen LogP contribution in [0.1, 0.15) is 37.9 Å². The van der Waals surface area contributed by atoms with Gasteiger partial charge in [-0.15, -0.1) is 0 Å². The summed E-state index contributed by atoms with van der Waals surface area (Å²) in [5.74, 6) is 2.71. The first-order valence-electron chi connectivity index (χ1n) is 12.7. The van der Waals surface area contributed by atoms with Gasteiger partial charge in [0.2, 0.25) is 11.9 Å². The van der Waals surface area contributed by atoms with E-state index in [0.29, 0.717) is 31.5 Å². The number of guanidine groups is 1. The summed E-state index contributed by atoms with van der Waals surface area (Å²) in [7, 11) is 2.13. The molecule has 0 aliphatic carbocycles. The molecule has 2 aromatic carbocycles. The van der Waals surface area contributed by atoms with Gasteiger partial charge in [-0.3, -0.25) is 0 Å². The highest BCUT2D eigenvalue weighted by Gasteiger charge is 2.40. The van der Waals surface area contributed by atoms with Crippen molar-refractivity contribution < 1.29 is 14.0 Å². The molecule has 1 saturated heterocycles. The zero-order valence-electron chi connectivity index (χ0n) is 21.3. The summed E-state index contributed by atoms with van der Waals surface area (Å²) in [5, 5.41) is 0. The number of piperidine rings is 1. The minimum absolute atomic E-state index is 0.488. The zero-order valence-corrected chi connectivity index (χ0v) is 21.3. The first-order chi connectivity index (χ1) is 17.5. The van der Waals surface area contributed by atoms with Crippen molar-refractivity contribution in [3.8, 4) is 17.2 Å². The van der Waals surface area contributed by atoms with E-state index < -0.39 is 5.72 Å². The fraction of sp³-hybridized carbons (Fsp3) is 0.429. The van der Waals surface area contributed by atoms with E-state index in [9.17, 15) is 0 Å². The number of benzene rings is 2. The van der Waals surface area contributed by atoms with Gasteiger partial charge in [0.05, 0.1) is 18.8 Å². The topological polar surface area (TPSA) is 75.4 Å². The molecule has 0 unspecified atom stereocenters. The van der Waals surface area contributed by atoms with Gasteiger partial charge < -0.3 is 19.0 Å². The van der Waals surface area contributed by atoms with Crippen molar-refractivity contribution >= 4 is 5.96 Å². The summed E-state index contributed by atoms with van der Waals surface area (Å²) in [4.78, 5) is 20.3. The lowest BCUT2D eigenvalue weighted by atomic mass is 10.0. The van der Waals surface area contributed by atoms with Crippen LogP contribution in [0, 0.1) is 5.92 Å². The fourth-order valence-corrected chi connectivity index (χ4v) is 4.36. The van der Waals surface area contributed by atoms with Gasteiger partial charge in [0.1, 0.15) is 12.0 Å². The zero-order chi connectivity index (χ0) is 25.0. The molecule has 2 aliphatic heterocycles. The number of hydrogen-bond donors (Lipinski definition) is 1. The molecule has 0 radical (unpaired) electrons. The average molecular weight is 490 g/mol. The third kappa shape index (κ3) is 5.88. The van der Waals surface area contributed by atoms with Crippen molar-refractivity contribution in [1.29, 1.82) is 0 Å². The second kappa shape index (κ2) is 10.7. The van der Waals surface area contributed by atoms with Crippen molar-refractivity contribution in [2.75, 3.05) is 26.7 Å². The Balaban J connectivity index is 1.35. The van der Waals surface area contributed by atoms with E-state index in [2.05, 4.69) is 48.3 Å². The van der Waals surface area contributed by atoms with Crippen molar-refractivity contribution in [1.82, 2.24) is 20.3 Å². The summed E-state index contributed by atoms with van der Waals surface area (Å²) in [6.07, 6.45) is 3.44. The summed E-state index contributed by atoms with van der Waals surface area (Å²) >= 11 is 0. The Morgan fingerprint density at radius 1 is 1.06 bits per heavy atom. The molecule has 5 rings (SSSR count). The van der Waals surface area contributed by atoms with Crippen LogP contribution in [0.5, 0.6) is 5.75 Å². The molecular formula is C28H35N5O3. The van der Waals surface area contributed by atoms with E-state index in [4.69, 9.17) is 24.0 Å². The van der Waals surface area contributed by atoms with E-state index >= 15 is 0 Å². The quantitative estimate of drug-likeness (QED) is 0.492. The smallest absolute Gasteiger partial charge is 0.226 e. The van der Waals surface area contributed by atoms with Gasteiger partial charge in [-0.2, -0.15) is 0 Å². The maximum Gasteiger partial charge on any atom is 0.226 e. The normalized spacial score (nSPS) is 17.3. The molecule has 0 saturated carbocycles. The molecule has 0 amide bonds. The predicted molar refractivity (Wildman–Crippen MR) is 139 cm³/mol. The van der Waals surface area contributed by atoms with Gasteiger partial charge in [0.15, 0.2) is 5.72 Å². The van der Waals surface area contributed by atoms with Crippen molar-refractivity contribution in [3.05, 3.63) is 72.1 Å². The molecule has 1 fully saturated rings. The van der Waals surface area contributed by atoms with Gasteiger partial charge in [-0.25, -0.2) is 20.3 Å². The average Bonchev–Trinajstić information content (AvgIpc) is 3.53. The molecular weight excluding hydrogens is 454 g/mol. The number of ether oxygens (including phenoxy) is 1. The summed E-state index contributed by atoms with van der Waals surface area (Å²) in [6, 6.07) is 18.2. The van der Waals surface area contributed by atoms with Crippen LogP contribution in [0.4, 0.5) is 0 Å². The minimum Gasteiger partial charge on any atom is -0.493 e. The van der Waals surface area contributed by atoms with Gasteiger partial charge in [-0.05, 0) is 42.8 Å². The third-order valence-electron chi connectivity index (χ3n) is 6.52. The van der Waals surface area contributed by atoms with Crippen molar-refractivity contribution in [2.24, 2.45) is 10.9 Å². The Hall–Kier alpha value is -3.36. The molecule has 8 nitrogen and oxygen atoms in total. The van der Waals surface area contributed by atoms with Crippen LogP contribution in [0.2, 0.25) is 0 Å². The number of hydrogen-bond acceptors (Lipinski definition) is 8. The monoisotopic (exact) mass is 489 g/mol. The highest BCUT2D eigenvalue weighted by atomic mass is 16.7. The Kier molecular flexibility index (Phi) is 7.25. The second-order valence-corrected chi connectivity index (χ2v) is 10.1. The lowest BCUT2D eigenvalue weighted by Crippen LogP contribution is -2.43. The van der Waals surface area contributed by atoms with Crippen LogP contribution in [-0.4, -0.2) is 53.2 Å². The van der Waals surface area contributed by atoms with Crippen LogP contribution in [0.15, 0.2) is 70.3 Å². The molecule has 1 aromatic heterocycles. The second-order valence-electron chi connectivity index (χ2n) is 10.1. The molecule has 0 atom stereocenters. The maximum atomic E-state index is 6.06. The largest absolute Gasteiger partial charge is 0.493 e. The van der Waals surface area contributed by atoms with E-state index in [1.54, 1.807) is 6.26 Å². The van der Waals surface area contributed by atoms with E-state index in [0.717, 1.165) is 54.5 Å². The van der Waals surface area contributed by atoms with Gasteiger partial charge in [-0.1, -0.05) is 44.2 Å². The highest BCUT2D eigenvalue weighted by Crippen LogP contribution is 2.31. The van der Waals surface area contributed by atoms with Crippen molar-refractivity contribution in [2.45, 2.75) is 45.5 Å². The number of hydroxylamine groups is 1. The van der Waals surface area contributed by atoms with Crippen LogP contribution in [-0.2, 0) is 17.9 Å². The van der Waals surface area contributed by atoms with Gasteiger partial charge in [0, 0.05) is 38.0 Å². The van der Waals surface area contributed by atoms with Gasteiger partial charge in [0.25, 0.3) is 0 Å². The van der Waals surface area contributed by atoms with Crippen LogP contribution in [0.25, 0.3) is 11.5 Å². The lowest BCUT2D eigenvalue weighted by Gasteiger charge is -2.33. The number of oxazole rings is 1. The molecule has 3 aromatic rings. The van der Waals surface area contributed by atoms with Crippen LogP contribution < -0.4 is 10.2 Å². The van der Waals surface area contributed by atoms with Gasteiger partial charge >= 0.3 is 0 Å². The van der Waals surface area contributed by atoms with Crippen LogP contribution in [0.3, 0.4) is 0 Å². The Labute approximate surface area is 212 Å². The number of aliphatic imine (C=N–C) groups is 1. The third-order valence-corrected chi connectivity index (χ3v) is 6.52. The first kappa shape index (κ1) is 24.3. The molecule has 190 valence electrons. The first-order valence-corrected chi connectivity index (χ1v) is 12.7. The molecule has 1 N–H and O–H groups in total. The summed E-state index contributed by atoms with van der Waals surface area (Å²) in [6.45, 7) is 8.09. The number of aromatic nitrogens is 1. The van der Waals surface area contributed by atoms with Crippen LogP contribution >= 0.6 is 0 Å². The minimum atomic E-state index is -0.506. The number of nitrogens with one attached hydrogen (secondary N) is 1. The lowest BCUT2D eigenvalue weighted by molar-refractivity contribution is -0.0875. The van der Waals surface area contributed by atoms with Crippen molar-refractivity contribution in [3.63, 3.8) is 0 Å². The van der Waals surface area contributed by atoms with E-state index in [1.165, 1.54) is 0 Å². The highest BCUT2D eigenvalue weighted by molar-refractivity contribution is 5.80. The molecule has 3 heterocycles. The number of likely N-dealkylation sites (tertiary alicyclic amines) is 1. The number of nitrogens with zero attached hydrogens (tertiary/aromatic N) is 4. The standard InChI is InChI=1S/C28H35N5O3/c1-21(2)19-34-25-11-9-22(10-12-25)17-33(27-30-28(36-31-27)13-15-32(3)16-14-28)18-24-20-35-26(29-24)23-7-5-4-6-8-23/h4-12,20-21H,13-19H2,1-3H3,(H,30,31). The molecule has 8 heteroatoms. The summed E-state index contributed by atoms with van der Waals surface area (Å²) < 4.78 is 11.7. The number of rotatable bonds is 8. The summed E-state index contributed by atoms with van der Waals surface area (Å²) in [5.41, 5.74) is 5.56.